The molecule has 0 atom stereocenters. The van der Waals surface area contributed by atoms with Gasteiger partial charge in [-0.25, -0.2) is 12.2 Å². The molecule has 0 spiro atoms. The normalized spacial score (nSPS) is 7.33. The molecule has 0 radical (unpaired) electrons. The first-order valence-electron chi connectivity index (χ1n) is 1.72. The Hall–Kier alpha value is 0.310. The van der Waals surface area contributed by atoms with Crippen molar-refractivity contribution >= 4 is 0 Å². The van der Waals surface area contributed by atoms with E-state index in [2.05, 4.69) is 12.2 Å². The first-order valence-corrected chi connectivity index (χ1v) is 1.72. The van der Waals surface area contributed by atoms with Gasteiger partial charge in [-0.3, -0.25) is 6.08 Å². The van der Waals surface area contributed by atoms with Crippen molar-refractivity contribution in [3.63, 3.8) is 0 Å². The zero-order valence-corrected chi connectivity index (χ0v) is 12.5. The maximum Gasteiger partial charge on any atom is 0 e. The van der Waals surface area contributed by atoms with Crippen molar-refractivity contribution in [2.45, 2.75) is 6.42 Å². The summed E-state index contributed by atoms with van der Waals surface area (Å²) in [6, 6.07) is 0. The minimum absolute atomic E-state index is 0. The average Bonchev–Trinajstić information content (AvgIpc) is 1.76. The Morgan fingerprint density at radius 3 is 1.42 bits per heavy atom. The standard InChI is InChI=1S/C5H5.5CH3.Hf.H2O/c1-2-4-5-3-1;;;;;;;/h1-3H,4H2;5*1H3;;1H2/q6*-1;;. The van der Waals surface area contributed by atoms with E-state index < -0.39 is 0 Å². The van der Waals surface area contributed by atoms with Gasteiger partial charge in [-0.05, 0) is 0 Å². The van der Waals surface area contributed by atoms with Crippen LogP contribution in [0.2, 0.25) is 0 Å². The predicted molar refractivity (Wildman–Crippen MR) is 57.3 cm³/mol. The largest absolute Gasteiger partial charge is 0.412 e. The molecule has 0 heterocycles. The van der Waals surface area contributed by atoms with Crippen molar-refractivity contribution in [1.82, 2.24) is 0 Å². The molecule has 0 saturated heterocycles. The fourth-order valence-electron chi connectivity index (χ4n) is 0.340. The van der Waals surface area contributed by atoms with Crippen LogP contribution in [0.3, 0.4) is 0 Å². The molecule has 12 heavy (non-hydrogen) atoms. The molecule has 0 bridgehead atoms. The van der Waals surface area contributed by atoms with Crippen LogP contribution >= 0.6 is 0 Å². The van der Waals surface area contributed by atoms with Gasteiger partial charge in [0.2, 0.25) is 0 Å². The van der Waals surface area contributed by atoms with Crippen LogP contribution in [0.5, 0.6) is 0 Å². The Labute approximate surface area is 99.1 Å². The van der Waals surface area contributed by atoms with Gasteiger partial charge in [-0.2, -0.15) is 6.08 Å². The molecule has 0 unspecified atom stereocenters. The first-order chi connectivity index (χ1) is 2.50. The van der Waals surface area contributed by atoms with Gasteiger partial charge in [0, 0.05) is 25.8 Å². The van der Waals surface area contributed by atoms with Crippen LogP contribution in [0.4, 0.5) is 0 Å². The average molecular weight is 337 g/mol. The maximum absolute atomic E-state index is 2.99. The zero-order chi connectivity index (χ0) is 3.54. The van der Waals surface area contributed by atoms with Gasteiger partial charge < -0.3 is 42.6 Å². The summed E-state index contributed by atoms with van der Waals surface area (Å²) in [4.78, 5) is 0. The van der Waals surface area contributed by atoms with E-state index in [-0.39, 0.29) is 68.5 Å². The molecule has 1 rings (SSSR count). The summed E-state index contributed by atoms with van der Waals surface area (Å²) in [7, 11) is 0. The van der Waals surface area contributed by atoms with Gasteiger partial charge in [-0.1, -0.05) is 0 Å². The van der Waals surface area contributed by atoms with E-state index in [4.69, 9.17) is 0 Å². The molecule has 0 fully saturated rings. The van der Waals surface area contributed by atoms with Crippen LogP contribution in [0.15, 0.2) is 18.2 Å². The Balaban J connectivity index is -0.00000000714. The molecule has 0 amide bonds. The molecule has 1 aliphatic rings. The maximum atomic E-state index is 2.99. The molecule has 0 aromatic carbocycles. The van der Waals surface area contributed by atoms with Gasteiger partial charge in [-0.15, -0.1) is 6.42 Å². The SMILES string of the molecule is O.[C-]1=CC=CC1.[CH3-].[CH3-].[CH3-].[CH3-].[CH3-].[Hf]. The molecule has 0 saturated carbocycles. The monoisotopic (exact) mass is 338 g/mol. The van der Waals surface area contributed by atoms with Crippen molar-refractivity contribution in [2.75, 3.05) is 0 Å². The quantitative estimate of drug-likeness (QED) is 0.481. The molecule has 1 aliphatic carbocycles. The topological polar surface area (TPSA) is 31.5 Å². The fourth-order valence-corrected chi connectivity index (χ4v) is 0.340. The molecule has 0 aliphatic heterocycles. The van der Waals surface area contributed by atoms with E-state index in [9.17, 15) is 0 Å². The third-order valence-corrected chi connectivity index (χ3v) is 0.586. The van der Waals surface area contributed by atoms with E-state index in [1.54, 1.807) is 0 Å². The molecule has 78 valence electrons. The van der Waals surface area contributed by atoms with Crippen LogP contribution in [-0.4, -0.2) is 5.48 Å². The summed E-state index contributed by atoms with van der Waals surface area (Å²) in [5.74, 6) is 0. The van der Waals surface area contributed by atoms with Gasteiger partial charge in [0.15, 0.2) is 0 Å². The van der Waals surface area contributed by atoms with Crippen molar-refractivity contribution < 1.29 is 31.3 Å². The fraction of sp³-hybridized carbons (Fsp3) is 0.100. The Kier molecular flexibility index (Phi) is 198. The number of hydrogen-bond donors (Lipinski definition) is 0. The Morgan fingerprint density at radius 1 is 0.917 bits per heavy atom. The van der Waals surface area contributed by atoms with E-state index >= 15 is 0 Å². The number of rotatable bonds is 0. The summed E-state index contributed by atoms with van der Waals surface area (Å²) in [6.07, 6.45) is 10.0. The van der Waals surface area contributed by atoms with Crippen LogP contribution in [0.25, 0.3) is 0 Å². The molecular weight excluding hydrogens is 315 g/mol. The minimum atomic E-state index is 0. The van der Waals surface area contributed by atoms with E-state index in [0.717, 1.165) is 6.42 Å². The number of allylic oxidation sites excluding steroid dienone is 4. The van der Waals surface area contributed by atoms with E-state index in [0.29, 0.717) is 0 Å². The second-order valence-corrected chi connectivity index (χ2v) is 1.00. The van der Waals surface area contributed by atoms with Gasteiger partial charge in [0.05, 0.1) is 0 Å². The van der Waals surface area contributed by atoms with E-state index in [1.165, 1.54) is 0 Å². The van der Waals surface area contributed by atoms with Crippen molar-refractivity contribution in [3.8, 4) is 0 Å². The molecule has 0 aromatic heterocycles. The third-order valence-electron chi connectivity index (χ3n) is 0.586. The third kappa shape index (κ3) is 31.7. The summed E-state index contributed by atoms with van der Waals surface area (Å²) >= 11 is 0. The smallest absolute Gasteiger partial charge is 0 e. The van der Waals surface area contributed by atoms with Crippen LogP contribution in [0, 0.1) is 43.2 Å². The first kappa shape index (κ1) is 55.8. The molecule has 0 aromatic rings. The predicted octanol–water partition coefficient (Wildman–Crippen LogP) is 2.73. The van der Waals surface area contributed by atoms with Crippen LogP contribution in [0.1, 0.15) is 6.42 Å². The second kappa shape index (κ2) is 42.6. The van der Waals surface area contributed by atoms with Crippen LogP contribution in [-0.2, 0) is 25.8 Å². The summed E-state index contributed by atoms with van der Waals surface area (Å²) < 4.78 is 0. The molecule has 1 nitrogen and oxygen atoms in total. The van der Waals surface area contributed by atoms with Crippen LogP contribution < -0.4 is 0 Å². The van der Waals surface area contributed by atoms with Crippen molar-refractivity contribution in [1.29, 1.82) is 0 Å². The summed E-state index contributed by atoms with van der Waals surface area (Å²) in [5, 5.41) is 0. The Morgan fingerprint density at radius 2 is 1.33 bits per heavy atom. The van der Waals surface area contributed by atoms with Gasteiger partial charge >= 0.3 is 0 Å². The van der Waals surface area contributed by atoms with Crippen molar-refractivity contribution in [3.05, 3.63) is 61.4 Å². The second-order valence-electron chi connectivity index (χ2n) is 1.00. The van der Waals surface area contributed by atoms with E-state index in [1.807, 2.05) is 12.2 Å². The minimum Gasteiger partial charge on any atom is -0.412 e. The summed E-state index contributed by atoms with van der Waals surface area (Å²) in [5.41, 5.74) is 0. The Bertz CT molecular complexity index is 67.9. The molecule has 2 heteroatoms. The molecule has 2 N–H and O–H groups in total. The summed E-state index contributed by atoms with van der Waals surface area (Å²) in [6.45, 7) is 0. The number of hydrogen-bond acceptors (Lipinski definition) is 0. The van der Waals surface area contributed by atoms with Gasteiger partial charge in [0.1, 0.15) is 0 Å². The van der Waals surface area contributed by atoms with Gasteiger partial charge in [0.25, 0.3) is 0 Å². The molecular formula is C10H22HfO-6. The zero-order valence-electron chi connectivity index (χ0n) is 8.94. The van der Waals surface area contributed by atoms with Crippen molar-refractivity contribution in [2.24, 2.45) is 0 Å².